The van der Waals surface area contributed by atoms with Gasteiger partial charge in [0.1, 0.15) is 47.5 Å². The fraction of sp³-hybridized carbons (Fsp3) is 0.206. The minimum Gasteiger partial charge on any atom is -0.459 e. The molecule has 2 aromatic heterocycles. The number of halogens is 1. The molecule has 2 unspecified atom stereocenters. The summed E-state index contributed by atoms with van der Waals surface area (Å²) in [5.41, 5.74) is 10.2. The Morgan fingerprint density at radius 1 is 1.02 bits per heavy atom. The van der Waals surface area contributed by atoms with Gasteiger partial charge in [-0.15, -0.1) is 0 Å². The molecule has 7 rings (SSSR count). The van der Waals surface area contributed by atoms with Crippen molar-refractivity contribution in [2.45, 2.75) is 18.9 Å². The van der Waals surface area contributed by atoms with E-state index in [4.69, 9.17) is 20.3 Å². The maximum absolute atomic E-state index is 14.5. The SMILES string of the molecule is CC(C1=C(c2cccc(F)c2)C(C=O)c2ccccc2O1)n1nc(-c2cccc(C(=O)N3CCOCC3)c2)c2c(N)ncnc21. The molecule has 0 radical (unpaired) electrons. The van der Waals surface area contributed by atoms with Crippen LogP contribution < -0.4 is 10.5 Å². The highest BCUT2D eigenvalue weighted by atomic mass is 19.1. The molecule has 1 amide bonds. The second kappa shape index (κ2) is 11.6. The van der Waals surface area contributed by atoms with Gasteiger partial charge in [-0.05, 0) is 42.8 Å². The highest BCUT2D eigenvalue weighted by molar-refractivity contribution is 6.01. The number of carbonyl (C=O) groups is 2. The number of carbonyl (C=O) groups excluding carboxylic acids is 2. The Balaban J connectivity index is 1.38. The Hall–Kier alpha value is -5.42. The van der Waals surface area contributed by atoms with Crippen LogP contribution in [0.1, 0.15) is 40.4 Å². The normalized spacial score (nSPS) is 17.1. The monoisotopic (exact) mass is 604 g/mol. The van der Waals surface area contributed by atoms with Gasteiger partial charge in [-0.1, -0.05) is 42.5 Å². The number of nitrogens with zero attached hydrogens (tertiary/aromatic N) is 5. The van der Waals surface area contributed by atoms with Crippen molar-refractivity contribution in [3.8, 4) is 17.0 Å². The van der Waals surface area contributed by atoms with Crippen LogP contribution in [0.3, 0.4) is 0 Å². The number of hydrogen-bond acceptors (Lipinski definition) is 8. The van der Waals surface area contributed by atoms with Crippen molar-refractivity contribution < 1.29 is 23.5 Å². The number of aldehydes is 1. The van der Waals surface area contributed by atoms with Crippen LogP contribution in [-0.2, 0) is 9.53 Å². The minimum atomic E-state index is -0.710. The molecule has 1 saturated heterocycles. The number of fused-ring (bicyclic) bond motifs is 2. The number of hydrogen-bond donors (Lipinski definition) is 1. The molecule has 11 heteroatoms. The maximum Gasteiger partial charge on any atom is 0.254 e. The van der Waals surface area contributed by atoms with Crippen molar-refractivity contribution in [1.29, 1.82) is 0 Å². The zero-order valence-corrected chi connectivity index (χ0v) is 24.4. The number of aromatic nitrogens is 4. The molecule has 226 valence electrons. The molecule has 0 spiro atoms. The Labute approximate surface area is 257 Å². The predicted molar refractivity (Wildman–Crippen MR) is 166 cm³/mol. The van der Waals surface area contributed by atoms with Crippen molar-refractivity contribution in [2.24, 2.45) is 0 Å². The van der Waals surface area contributed by atoms with E-state index in [0.29, 0.717) is 82.4 Å². The highest BCUT2D eigenvalue weighted by Gasteiger charge is 2.35. The molecule has 45 heavy (non-hydrogen) atoms. The summed E-state index contributed by atoms with van der Waals surface area (Å²) in [5, 5.41) is 5.48. The van der Waals surface area contributed by atoms with E-state index < -0.39 is 17.8 Å². The first kappa shape index (κ1) is 28.4. The maximum atomic E-state index is 14.5. The quantitative estimate of drug-likeness (QED) is 0.268. The van der Waals surface area contributed by atoms with Gasteiger partial charge in [-0.25, -0.2) is 19.0 Å². The third-order valence-corrected chi connectivity index (χ3v) is 8.27. The minimum absolute atomic E-state index is 0.0967. The molecule has 4 heterocycles. The van der Waals surface area contributed by atoms with Crippen LogP contribution in [0.5, 0.6) is 5.75 Å². The van der Waals surface area contributed by atoms with Gasteiger partial charge in [0.05, 0.1) is 24.5 Å². The molecule has 0 bridgehead atoms. The third-order valence-electron chi connectivity index (χ3n) is 8.27. The highest BCUT2D eigenvalue weighted by Crippen LogP contribution is 2.46. The first-order valence-electron chi connectivity index (χ1n) is 14.6. The number of morpholine rings is 1. The summed E-state index contributed by atoms with van der Waals surface area (Å²) in [4.78, 5) is 36.5. The summed E-state index contributed by atoms with van der Waals surface area (Å²) in [6.07, 6.45) is 2.20. The van der Waals surface area contributed by atoms with Gasteiger partial charge in [0.2, 0.25) is 0 Å². The lowest BCUT2D eigenvalue weighted by atomic mass is 9.83. The van der Waals surface area contributed by atoms with E-state index in [9.17, 15) is 14.0 Å². The number of nitrogen functional groups attached to an aromatic ring is 1. The second-order valence-electron chi connectivity index (χ2n) is 11.0. The van der Waals surface area contributed by atoms with E-state index in [1.54, 1.807) is 46.0 Å². The summed E-state index contributed by atoms with van der Waals surface area (Å²) < 4.78 is 28.1. The standard InChI is InChI=1S/C34H29FN6O4/c1-20(31-28(21-6-5-9-24(35)17-21)26(18-42)25-10-2-3-11-27(25)45-31)41-33-29(32(36)37-19-38-33)30(39-41)22-7-4-8-23(16-22)34(43)40-12-14-44-15-13-40/h2-11,16-20,26H,12-15H2,1H3,(H2,36,37,38). The van der Waals surface area contributed by atoms with Crippen molar-refractivity contribution in [3.63, 3.8) is 0 Å². The van der Waals surface area contributed by atoms with Crippen LogP contribution in [-0.4, -0.2) is 63.1 Å². The van der Waals surface area contributed by atoms with Gasteiger partial charge in [0.15, 0.2) is 5.65 Å². The largest absolute Gasteiger partial charge is 0.459 e. The lowest BCUT2D eigenvalue weighted by Gasteiger charge is -2.31. The summed E-state index contributed by atoms with van der Waals surface area (Å²) in [7, 11) is 0. The Morgan fingerprint density at radius 3 is 2.60 bits per heavy atom. The number of para-hydroxylation sites is 1. The van der Waals surface area contributed by atoms with Gasteiger partial charge < -0.3 is 24.9 Å². The zero-order chi connectivity index (χ0) is 31.1. The molecule has 1 fully saturated rings. The van der Waals surface area contributed by atoms with Crippen molar-refractivity contribution in [3.05, 3.63) is 107 Å². The third kappa shape index (κ3) is 5.00. The molecule has 2 aliphatic heterocycles. The van der Waals surface area contributed by atoms with E-state index in [2.05, 4.69) is 9.97 Å². The first-order chi connectivity index (χ1) is 21.9. The number of anilines is 1. The fourth-order valence-electron chi connectivity index (χ4n) is 6.07. The number of nitrogens with two attached hydrogens (primary N) is 1. The number of allylic oxidation sites excluding steroid dienone is 2. The lowest BCUT2D eigenvalue weighted by Crippen LogP contribution is -2.40. The van der Waals surface area contributed by atoms with E-state index in [0.717, 1.165) is 6.29 Å². The molecule has 0 aliphatic carbocycles. The van der Waals surface area contributed by atoms with Gasteiger partial charge in [-0.2, -0.15) is 5.10 Å². The van der Waals surface area contributed by atoms with E-state index in [-0.39, 0.29) is 11.7 Å². The predicted octanol–water partition coefficient (Wildman–Crippen LogP) is 5.03. The smallest absolute Gasteiger partial charge is 0.254 e. The molecule has 2 atom stereocenters. The van der Waals surface area contributed by atoms with Gasteiger partial charge in [0.25, 0.3) is 5.91 Å². The average molecular weight is 605 g/mol. The molecule has 2 N–H and O–H groups in total. The topological polar surface area (TPSA) is 125 Å². The fourth-order valence-corrected chi connectivity index (χ4v) is 6.07. The molecule has 2 aliphatic rings. The van der Waals surface area contributed by atoms with Crippen LogP contribution in [0, 0.1) is 5.82 Å². The van der Waals surface area contributed by atoms with Crippen LogP contribution >= 0.6 is 0 Å². The molecule has 5 aromatic rings. The van der Waals surface area contributed by atoms with Crippen molar-refractivity contribution in [2.75, 3.05) is 32.0 Å². The Bertz CT molecular complexity index is 1980. The summed E-state index contributed by atoms with van der Waals surface area (Å²) in [6.45, 7) is 3.91. The van der Waals surface area contributed by atoms with E-state index in [1.807, 2.05) is 31.2 Å². The number of amides is 1. The zero-order valence-electron chi connectivity index (χ0n) is 24.4. The Morgan fingerprint density at radius 2 is 1.80 bits per heavy atom. The number of ether oxygens (including phenoxy) is 2. The first-order valence-corrected chi connectivity index (χ1v) is 14.6. The van der Waals surface area contributed by atoms with Crippen molar-refractivity contribution in [1.82, 2.24) is 24.6 Å². The molecule has 10 nitrogen and oxygen atoms in total. The number of benzene rings is 3. The molecule has 3 aromatic carbocycles. The average Bonchev–Trinajstić information content (AvgIpc) is 3.48. The molecule has 0 saturated carbocycles. The van der Waals surface area contributed by atoms with E-state index >= 15 is 0 Å². The van der Waals surface area contributed by atoms with E-state index in [1.165, 1.54) is 18.5 Å². The summed E-state index contributed by atoms with van der Waals surface area (Å²) >= 11 is 0. The Kier molecular flexibility index (Phi) is 7.30. The summed E-state index contributed by atoms with van der Waals surface area (Å²) in [6, 6.07) is 20.0. The van der Waals surface area contributed by atoms with Gasteiger partial charge >= 0.3 is 0 Å². The van der Waals surface area contributed by atoms with Crippen LogP contribution in [0.2, 0.25) is 0 Å². The number of rotatable bonds is 6. The second-order valence-corrected chi connectivity index (χ2v) is 11.0. The van der Waals surface area contributed by atoms with Crippen molar-refractivity contribution >= 4 is 34.6 Å². The molecular formula is C34H29FN6O4. The van der Waals surface area contributed by atoms with Gasteiger partial charge in [0, 0.05) is 35.4 Å². The van der Waals surface area contributed by atoms with Crippen LogP contribution in [0.15, 0.2) is 84.9 Å². The van der Waals surface area contributed by atoms with Crippen LogP contribution in [0.4, 0.5) is 10.2 Å². The van der Waals surface area contributed by atoms with Gasteiger partial charge in [-0.3, -0.25) is 4.79 Å². The lowest BCUT2D eigenvalue weighted by molar-refractivity contribution is -0.108. The van der Waals surface area contributed by atoms with Crippen LogP contribution in [0.25, 0.3) is 27.9 Å². The molecular weight excluding hydrogens is 575 g/mol. The summed E-state index contributed by atoms with van der Waals surface area (Å²) in [5.74, 6) is -0.0797.